The average Bonchev–Trinajstić information content (AvgIpc) is 2.95. The number of benzene rings is 4. The summed E-state index contributed by atoms with van der Waals surface area (Å²) in [6, 6.07) is 28.1. The van der Waals surface area contributed by atoms with E-state index in [2.05, 4.69) is 153 Å². The third-order valence-corrected chi connectivity index (χ3v) is 48.2. The van der Waals surface area contributed by atoms with E-state index in [-0.39, 0.29) is 10.8 Å². The van der Waals surface area contributed by atoms with E-state index in [1.54, 1.807) is 0 Å². The quantitative estimate of drug-likeness (QED) is 0.180. The number of rotatable bonds is 0. The molecule has 0 radical (unpaired) electrons. The summed E-state index contributed by atoms with van der Waals surface area (Å²) in [5, 5.41) is 5.84. The van der Waals surface area contributed by atoms with Gasteiger partial charge in [-0.25, -0.2) is 0 Å². The van der Waals surface area contributed by atoms with Crippen molar-refractivity contribution in [2.24, 2.45) is 0 Å². The normalized spacial score (nSPS) is 21.7. The molecule has 0 aromatic heterocycles. The molecule has 3 aliphatic rings. The van der Waals surface area contributed by atoms with Crippen LogP contribution in [0, 0.1) is 0 Å². The highest BCUT2D eigenvalue weighted by molar-refractivity contribution is 7.51. The molecular formula is C38H48O2Si4. The zero-order valence-electron chi connectivity index (χ0n) is 28.7. The van der Waals surface area contributed by atoms with Crippen LogP contribution in [0.2, 0.25) is 52.4 Å². The SMILES string of the molecule is CC1(C)c2cccc3c2Oc2c1cccc2[Si](C)(C)[Si](C)(C)c1cccc2c1Oc1c(cccc1[Si](C)(C)[Si]3(C)C)C2(C)C. The molecule has 4 aromatic carbocycles. The third kappa shape index (κ3) is 3.57. The largest absolute Gasteiger partial charge is 0.457 e. The molecule has 0 N–H and O–H groups in total. The summed E-state index contributed by atoms with van der Waals surface area (Å²) in [5.41, 5.74) is 5.03. The Kier molecular flexibility index (Phi) is 6.14. The summed E-state index contributed by atoms with van der Waals surface area (Å²) in [6.07, 6.45) is 0. The first-order valence-corrected chi connectivity index (χ1v) is 30.3. The molecule has 0 fully saturated rings. The topological polar surface area (TPSA) is 18.5 Å². The van der Waals surface area contributed by atoms with Gasteiger partial charge in [-0.05, 0) is 20.7 Å². The van der Waals surface area contributed by atoms with Crippen LogP contribution in [0.15, 0.2) is 72.8 Å². The van der Waals surface area contributed by atoms with E-state index in [1.807, 2.05) is 0 Å². The molecule has 0 spiro atoms. The van der Waals surface area contributed by atoms with Gasteiger partial charge in [0.2, 0.25) is 0 Å². The zero-order chi connectivity index (χ0) is 31.8. The van der Waals surface area contributed by atoms with Crippen molar-refractivity contribution < 1.29 is 9.47 Å². The van der Waals surface area contributed by atoms with E-state index in [0.29, 0.717) is 0 Å². The molecule has 228 valence electrons. The first kappa shape index (κ1) is 30.0. The van der Waals surface area contributed by atoms with Crippen molar-refractivity contribution in [3.05, 3.63) is 95.1 Å². The van der Waals surface area contributed by atoms with Gasteiger partial charge in [0.15, 0.2) is 0 Å². The van der Waals surface area contributed by atoms with Crippen LogP contribution in [0.25, 0.3) is 0 Å². The third-order valence-electron chi connectivity index (χ3n) is 13.0. The molecule has 3 heterocycles. The predicted octanol–water partition coefficient (Wildman–Crippen LogP) is 8.08. The van der Waals surface area contributed by atoms with Crippen LogP contribution in [0.1, 0.15) is 49.9 Å². The molecule has 0 unspecified atom stereocenters. The summed E-state index contributed by atoms with van der Waals surface area (Å²) >= 11 is 0. The smallest absolute Gasteiger partial charge is 0.130 e. The maximum absolute atomic E-state index is 7.41. The Hall–Kier alpha value is -2.65. The molecule has 7 rings (SSSR count). The van der Waals surface area contributed by atoms with Gasteiger partial charge in [0, 0.05) is 33.1 Å². The van der Waals surface area contributed by atoms with E-state index in [1.165, 1.54) is 43.0 Å². The maximum atomic E-state index is 7.41. The van der Waals surface area contributed by atoms with E-state index in [0.717, 1.165) is 23.0 Å². The molecule has 4 bridgehead atoms. The fraction of sp³-hybridized carbons (Fsp3) is 0.368. The average molecular weight is 649 g/mol. The Morgan fingerprint density at radius 2 is 0.568 bits per heavy atom. The van der Waals surface area contributed by atoms with Gasteiger partial charge in [0.05, 0.1) is 30.4 Å². The summed E-state index contributed by atoms with van der Waals surface area (Å²) in [4.78, 5) is 0. The van der Waals surface area contributed by atoms with Gasteiger partial charge in [-0.1, -0.05) is 153 Å². The molecule has 6 heteroatoms. The summed E-state index contributed by atoms with van der Waals surface area (Å²) in [6.45, 7) is 30.4. The van der Waals surface area contributed by atoms with Crippen LogP contribution in [0.5, 0.6) is 23.0 Å². The van der Waals surface area contributed by atoms with Crippen molar-refractivity contribution in [2.75, 3.05) is 0 Å². The van der Waals surface area contributed by atoms with Crippen LogP contribution in [0.3, 0.4) is 0 Å². The van der Waals surface area contributed by atoms with Crippen molar-refractivity contribution in [1.29, 1.82) is 0 Å². The molecule has 3 aliphatic heterocycles. The molecular weight excluding hydrogens is 601 g/mol. The van der Waals surface area contributed by atoms with E-state index in [4.69, 9.17) is 9.47 Å². The highest BCUT2D eigenvalue weighted by atomic mass is 29.3. The standard InChI is InChI=1S/C38H48O2Si4/c1-37(2)25-17-13-21-29-33(25)39-34-26(37)18-14-22-30(34)42(7,8)44(11,12)32-24-16-20-28-36(32)40-35-27(38(28,3)4)19-15-23-31(35)43(9,10)41(29,5)6/h13-24H,1-12H3. The van der Waals surface area contributed by atoms with Crippen molar-refractivity contribution in [3.8, 4) is 23.0 Å². The van der Waals surface area contributed by atoms with Crippen molar-refractivity contribution in [2.45, 2.75) is 90.9 Å². The van der Waals surface area contributed by atoms with Gasteiger partial charge in [0.1, 0.15) is 23.0 Å². The molecule has 0 atom stereocenters. The lowest BCUT2D eigenvalue weighted by Gasteiger charge is -2.48. The molecule has 0 saturated carbocycles. The van der Waals surface area contributed by atoms with Crippen LogP contribution < -0.4 is 30.2 Å². The molecule has 2 nitrogen and oxygen atoms in total. The van der Waals surface area contributed by atoms with Gasteiger partial charge in [-0.15, -0.1) is 0 Å². The fourth-order valence-electron chi connectivity index (χ4n) is 8.37. The monoisotopic (exact) mass is 648 g/mol. The Bertz CT molecular complexity index is 1610. The Balaban J connectivity index is 1.66. The number of para-hydroxylation sites is 4. The first-order chi connectivity index (χ1) is 20.4. The van der Waals surface area contributed by atoms with Crippen LogP contribution >= 0.6 is 0 Å². The van der Waals surface area contributed by atoms with Crippen LogP contribution in [-0.2, 0) is 10.8 Å². The minimum Gasteiger partial charge on any atom is -0.457 e. The number of hydrogen-bond donors (Lipinski definition) is 0. The van der Waals surface area contributed by atoms with Crippen molar-refractivity contribution in [3.63, 3.8) is 0 Å². The Morgan fingerprint density at radius 3 is 0.773 bits per heavy atom. The van der Waals surface area contributed by atoms with Gasteiger partial charge in [0.25, 0.3) is 0 Å². The molecule has 4 aromatic rings. The zero-order valence-corrected chi connectivity index (χ0v) is 32.7. The van der Waals surface area contributed by atoms with E-state index >= 15 is 0 Å². The number of hydrogen-bond acceptors (Lipinski definition) is 2. The summed E-state index contributed by atoms with van der Waals surface area (Å²) in [5.74, 6) is 4.57. The van der Waals surface area contributed by atoms with E-state index in [9.17, 15) is 0 Å². The van der Waals surface area contributed by atoms with Crippen molar-refractivity contribution in [1.82, 2.24) is 0 Å². The van der Waals surface area contributed by atoms with E-state index < -0.39 is 30.4 Å². The van der Waals surface area contributed by atoms with Gasteiger partial charge in [-0.2, -0.15) is 0 Å². The lowest BCUT2D eigenvalue weighted by atomic mass is 9.76. The molecule has 0 amide bonds. The minimum atomic E-state index is -2.13. The molecule has 44 heavy (non-hydrogen) atoms. The number of ether oxygens (including phenoxy) is 2. The first-order valence-electron chi connectivity index (χ1n) is 16.3. The minimum absolute atomic E-state index is 0.146. The van der Waals surface area contributed by atoms with Gasteiger partial charge < -0.3 is 9.47 Å². The highest BCUT2D eigenvalue weighted by Gasteiger charge is 2.53. The molecule has 0 aliphatic carbocycles. The second-order valence-corrected chi connectivity index (χ2v) is 46.8. The van der Waals surface area contributed by atoms with Gasteiger partial charge in [-0.3, -0.25) is 0 Å². The second kappa shape index (κ2) is 8.99. The highest BCUT2D eigenvalue weighted by Crippen LogP contribution is 2.51. The summed E-state index contributed by atoms with van der Waals surface area (Å²) < 4.78 is 14.8. The lowest BCUT2D eigenvalue weighted by molar-refractivity contribution is 0.423. The predicted molar refractivity (Wildman–Crippen MR) is 199 cm³/mol. The lowest BCUT2D eigenvalue weighted by Crippen LogP contribution is -2.71. The van der Waals surface area contributed by atoms with Gasteiger partial charge >= 0.3 is 0 Å². The maximum Gasteiger partial charge on any atom is 0.130 e. The Labute approximate surface area is 268 Å². The Morgan fingerprint density at radius 1 is 0.364 bits per heavy atom. The van der Waals surface area contributed by atoms with Crippen LogP contribution in [-0.4, -0.2) is 30.4 Å². The summed E-state index contributed by atoms with van der Waals surface area (Å²) in [7, 11) is -8.52. The van der Waals surface area contributed by atoms with Crippen LogP contribution in [0.4, 0.5) is 0 Å². The second-order valence-electron chi connectivity index (χ2n) is 16.7. The fourth-order valence-corrected chi connectivity index (χ4v) is 26.6. The van der Waals surface area contributed by atoms with Crippen molar-refractivity contribution >= 4 is 51.1 Å². The molecule has 0 saturated heterocycles.